The van der Waals surface area contributed by atoms with E-state index >= 15 is 0 Å². The van der Waals surface area contributed by atoms with Gasteiger partial charge in [-0.25, -0.2) is 4.79 Å². The van der Waals surface area contributed by atoms with Crippen LogP contribution in [-0.2, 0) is 19.1 Å². The standard InChI is InChI=1S/C7H10O7.3Na.3H/c1-14-5(10)3-7(13,6(11)12)2-4(8)9;;;;;;/h13H,2-3H2,1H3,(H,8,9)(H,11,12);;;;;;/q;3*+1;3*-1. The Hall–Kier alpha value is 1.37. The van der Waals surface area contributed by atoms with Gasteiger partial charge in [-0.15, -0.1) is 0 Å². The molecule has 10 heteroatoms. The first-order valence-electron chi connectivity index (χ1n) is 3.56. The molecule has 0 rings (SSSR count). The summed E-state index contributed by atoms with van der Waals surface area (Å²) in [6.45, 7) is 0. The van der Waals surface area contributed by atoms with Gasteiger partial charge < -0.3 is 24.3 Å². The van der Waals surface area contributed by atoms with Crippen LogP contribution in [0, 0.1) is 0 Å². The molecule has 7 nitrogen and oxygen atoms in total. The minimum atomic E-state index is -2.61. The average Bonchev–Trinajstić information content (AvgIpc) is 2.02. The number of aliphatic carboxylic acids is 2. The zero-order valence-corrected chi connectivity index (χ0v) is 16.4. The first kappa shape index (κ1) is 26.8. The normalized spacial score (nSPS) is 11.6. The monoisotopic (exact) mass is 278 g/mol. The van der Waals surface area contributed by atoms with Crippen molar-refractivity contribution in [1.82, 2.24) is 0 Å². The summed E-state index contributed by atoms with van der Waals surface area (Å²) in [5.41, 5.74) is -2.61. The smallest absolute Gasteiger partial charge is 1.00 e. The molecule has 0 radical (unpaired) electrons. The van der Waals surface area contributed by atoms with Crippen LogP contribution < -0.4 is 88.7 Å². The molecule has 17 heavy (non-hydrogen) atoms. The second-order valence-electron chi connectivity index (χ2n) is 2.66. The fourth-order valence-corrected chi connectivity index (χ4v) is 0.775. The first-order chi connectivity index (χ1) is 6.31. The predicted molar refractivity (Wildman–Crippen MR) is 44.8 cm³/mol. The fraction of sp³-hybridized carbons (Fsp3) is 0.571. The van der Waals surface area contributed by atoms with Crippen LogP contribution in [0.1, 0.15) is 17.1 Å². The van der Waals surface area contributed by atoms with E-state index in [-0.39, 0.29) is 93.0 Å². The van der Waals surface area contributed by atoms with E-state index in [1.54, 1.807) is 0 Å². The summed E-state index contributed by atoms with van der Waals surface area (Å²) in [5, 5.41) is 26.1. The van der Waals surface area contributed by atoms with Gasteiger partial charge in [0, 0.05) is 0 Å². The van der Waals surface area contributed by atoms with E-state index < -0.39 is 36.4 Å². The van der Waals surface area contributed by atoms with Crippen molar-refractivity contribution >= 4 is 17.9 Å². The van der Waals surface area contributed by atoms with Crippen molar-refractivity contribution in [1.29, 1.82) is 0 Å². The molecule has 0 fully saturated rings. The van der Waals surface area contributed by atoms with Crippen molar-refractivity contribution in [2.75, 3.05) is 7.11 Å². The molecule has 86 valence electrons. The Labute approximate surface area is 169 Å². The molecule has 3 N–H and O–H groups in total. The van der Waals surface area contributed by atoms with Gasteiger partial charge in [0.1, 0.15) is 0 Å². The van der Waals surface area contributed by atoms with Gasteiger partial charge in [0.25, 0.3) is 0 Å². The van der Waals surface area contributed by atoms with Gasteiger partial charge in [0.15, 0.2) is 5.60 Å². The van der Waals surface area contributed by atoms with Crippen molar-refractivity contribution < 1.29 is 127 Å². The zero-order chi connectivity index (χ0) is 11.4. The van der Waals surface area contributed by atoms with Gasteiger partial charge in [-0.2, -0.15) is 0 Å². The molecule has 0 saturated heterocycles. The van der Waals surface area contributed by atoms with E-state index in [4.69, 9.17) is 10.2 Å². The third kappa shape index (κ3) is 10.9. The Balaban J connectivity index is -0.0000000563. The Bertz CT molecular complexity index is 282. The van der Waals surface area contributed by atoms with Crippen molar-refractivity contribution in [2.45, 2.75) is 18.4 Å². The summed E-state index contributed by atoms with van der Waals surface area (Å²) in [6, 6.07) is 0. The number of carbonyl (C=O) groups excluding carboxylic acids is 1. The summed E-state index contributed by atoms with van der Waals surface area (Å²) >= 11 is 0. The quantitative estimate of drug-likeness (QED) is 0.337. The number of hydrogen-bond acceptors (Lipinski definition) is 5. The number of aliphatic hydroxyl groups is 1. The number of hydrogen-bond donors (Lipinski definition) is 3. The second kappa shape index (κ2) is 12.4. The molecule has 0 spiro atoms. The molecular formula is C7H13Na3O7. The van der Waals surface area contributed by atoms with Gasteiger partial charge in [-0.3, -0.25) is 9.59 Å². The molecule has 0 aromatic rings. The molecule has 0 aromatic carbocycles. The fourth-order valence-electron chi connectivity index (χ4n) is 0.775. The van der Waals surface area contributed by atoms with Crippen molar-refractivity contribution in [3.8, 4) is 0 Å². The molecule has 0 aliphatic carbocycles. The predicted octanol–water partition coefficient (Wildman–Crippen LogP) is -9.81. The minimum Gasteiger partial charge on any atom is -1.00 e. The maximum atomic E-state index is 10.7. The number of rotatable bonds is 5. The van der Waals surface area contributed by atoms with Crippen molar-refractivity contribution in [2.24, 2.45) is 0 Å². The molecular weight excluding hydrogens is 265 g/mol. The number of methoxy groups -OCH3 is 1. The van der Waals surface area contributed by atoms with Gasteiger partial charge in [-0.1, -0.05) is 0 Å². The Kier molecular flexibility index (Phi) is 19.6. The Morgan fingerprint density at radius 3 is 1.76 bits per heavy atom. The average molecular weight is 278 g/mol. The second-order valence-corrected chi connectivity index (χ2v) is 2.66. The molecule has 0 bridgehead atoms. The molecule has 1 unspecified atom stereocenters. The van der Waals surface area contributed by atoms with E-state index in [2.05, 4.69) is 4.74 Å². The van der Waals surface area contributed by atoms with E-state index in [0.29, 0.717) is 0 Å². The van der Waals surface area contributed by atoms with Gasteiger partial charge in [0.05, 0.1) is 20.0 Å². The summed E-state index contributed by atoms with van der Waals surface area (Å²) < 4.78 is 4.12. The summed E-state index contributed by atoms with van der Waals surface area (Å²) in [7, 11) is 1.01. The molecule has 0 aliphatic heterocycles. The van der Waals surface area contributed by atoms with E-state index in [9.17, 15) is 19.5 Å². The third-order valence-corrected chi connectivity index (χ3v) is 1.51. The van der Waals surface area contributed by atoms with Gasteiger partial charge in [0.2, 0.25) is 0 Å². The Morgan fingerprint density at radius 2 is 1.53 bits per heavy atom. The van der Waals surface area contributed by atoms with Crippen LogP contribution in [0.5, 0.6) is 0 Å². The topological polar surface area (TPSA) is 121 Å². The van der Waals surface area contributed by atoms with Crippen LogP contribution in [0.4, 0.5) is 0 Å². The van der Waals surface area contributed by atoms with Gasteiger partial charge >= 0.3 is 107 Å². The van der Waals surface area contributed by atoms with Crippen LogP contribution in [-0.4, -0.2) is 45.9 Å². The number of carboxylic acids is 2. The zero-order valence-electron chi connectivity index (χ0n) is 13.4. The van der Waals surface area contributed by atoms with Crippen LogP contribution in [0.15, 0.2) is 0 Å². The molecule has 0 saturated carbocycles. The van der Waals surface area contributed by atoms with E-state index in [0.717, 1.165) is 7.11 Å². The SMILES string of the molecule is COC(=O)CC(O)(CC(=O)O)C(=O)O.[H-].[H-].[H-].[Na+].[Na+].[Na+]. The van der Waals surface area contributed by atoms with Gasteiger partial charge in [-0.05, 0) is 0 Å². The summed E-state index contributed by atoms with van der Waals surface area (Å²) in [4.78, 5) is 31.4. The number of esters is 1. The number of carboxylic acid groups (broad SMARTS) is 2. The number of ether oxygens (including phenoxy) is 1. The third-order valence-electron chi connectivity index (χ3n) is 1.51. The van der Waals surface area contributed by atoms with Crippen LogP contribution in [0.2, 0.25) is 0 Å². The summed E-state index contributed by atoms with van der Waals surface area (Å²) in [6.07, 6.45) is -1.96. The minimum absolute atomic E-state index is 0. The van der Waals surface area contributed by atoms with E-state index in [1.165, 1.54) is 0 Å². The van der Waals surface area contributed by atoms with Crippen molar-refractivity contribution in [3.05, 3.63) is 0 Å². The molecule has 1 atom stereocenters. The maximum Gasteiger partial charge on any atom is 1.00 e. The number of carbonyl (C=O) groups is 3. The molecule has 0 aromatic heterocycles. The van der Waals surface area contributed by atoms with Crippen LogP contribution in [0.3, 0.4) is 0 Å². The van der Waals surface area contributed by atoms with Crippen LogP contribution >= 0.6 is 0 Å². The molecule has 0 aliphatic rings. The Morgan fingerprint density at radius 1 is 1.12 bits per heavy atom. The first-order valence-corrected chi connectivity index (χ1v) is 3.56. The van der Waals surface area contributed by atoms with Crippen LogP contribution in [0.25, 0.3) is 0 Å². The molecule has 0 amide bonds. The van der Waals surface area contributed by atoms with E-state index in [1.807, 2.05) is 0 Å². The summed E-state index contributed by atoms with van der Waals surface area (Å²) in [5.74, 6) is -4.28. The largest absolute Gasteiger partial charge is 1.00 e. The van der Waals surface area contributed by atoms with Crippen molar-refractivity contribution in [3.63, 3.8) is 0 Å². The maximum absolute atomic E-state index is 10.7. The molecule has 0 heterocycles.